The van der Waals surface area contributed by atoms with E-state index in [0.29, 0.717) is 37.3 Å². The maximum absolute atomic E-state index is 12.6. The Balaban J connectivity index is 1.93. The fourth-order valence-electron chi connectivity index (χ4n) is 2.90. The first kappa shape index (κ1) is 24.8. The zero-order valence-electron chi connectivity index (χ0n) is 18.2. The molecule has 0 aromatic heterocycles. The Morgan fingerprint density at radius 3 is 2.16 bits per heavy atom. The van der Waals surface area contributed by atoms with Crippen LogP contribution < -0.4 is 10.0 Å². The molecule has 0 aliphatic heterocycles. The predicted octanol–water partition coefficient (Wildman–Crippen LogP) is 2.51. The van der Waals surface area contributed by atoms with Crippen LogP contribution in [-0.4, -0.2) is 52.9 Å². The van der Waals surface area contributed by atoms with Gasteiger partial charge in [-0.1, -0.05) is 13.0 Å². The third-order valence-electron chi connectivity index (χ3n) is 4.88. The van der Waals surface area contributed by atoms with Gasteiger partial charge in [-0.05, 0) is 67.8 Å². The standard InChI is InChI=1S/C21H29N3O5S2/c1-5-24(30(4,26)27)14-6-13-22-21(25)18-8-10-19(11-9-18)23-31(28,29)20-12-7-16(2)17(3)15-20/h7-12,15,23H,5-6,13-14H2,1-4H3,(H,22,25). The number of amides is 1. The van der Waals surface area contributed by atoms with E-state index in [1.54, 1.807) is 25.1 Å². The van der Waals surface area contributed by atoms with E-state index in [2.05, 4.69) is 10.0 Å². The lowest BCUT2D eigenvalue weighted by atomic mass is 10.1. The van der Waals surface area contributed by atoms with Crippen LogP contribution >= 0.6 is 0 Å². The van der Waals surface area contributed by atoms with Crippen molar-refractivity contribution in [2.24, 2.45) is 0 Å². The zero-order valence-corrected chi connectivity index (χ0v) is 19.8. The SMILES string of the molecule is CCN(CCCNC(=O)c1ccc(NS(=O)(=O)c2ccc(C)c(C)c2)cc1)S(C)(=O)=O. The third kappa shape index (κ3) is 7.05. The van der Waals surface area contributed by atoms with E-state index in [1.165, 1.54) is 28.6 Å². The molecule has 10 heteroatoms. The minimum absolute atomic E-state index is 0.174. The van der Waals surface area contributed by atoms with Crippen LogP contribution in [0, 0.1) is 13.8 Å². The van der Waals surface area contributed by atoms with Gasteiger partial charge in [0, 0.05) is 30.9 Å². The lowest BCUT2D eigenvalue weighted by Gasteiger charge is -2.17. The second-order valence-electron chi connectivity index (χ2n) is 7.29. The van der Waals surface area contributed by atoms with Gasteiger partial charge in [-0.2, -0.15) is 0 Å². The molecule has 0 fully saturated rings. The van der Waals surface area contributed by atoms with E-state index in [1.807, 2.05) is 13.8 Å². The van der Waals surface area contributed by atoms with Crippen LogP contribution in [0.25, 0.3) is 0 Å². The summed E-state index contributed by atoms with van der Waals surface area (Å²) < 4.78 is 52.1. The van der Waals surface area contributed by atoms with Gasteiger partial charge in [0.1, 0.15) is 0 Å². The van der Waals surface area contributed by atoms with Crippen LogP contribution in [0.3, 0.4) is 0 Å². The summed E-state index contributed by atoms with van der Waals surface area (Å²) in [4.78, 5) is 12.4. The second kappa shape index (κ2) is 10.3. The summed E-state index contributed by atoms with van der Waals surface area (Å²) in [5.74, 6) is -0.314. The van der Waals surface area contributed by atoms with Gasteiger partial charge in [-0.15, -0.1) is 0 Å². The number of anilines is 1. The fraction of sp³-hybridized carbons (Fsp3) is 0.381. The number of sulfonamides is 2. The molecule has 0 aliphatic carbocycles. The van der Waals surface area contributed by atoms with Crippen LogP contribution in [0.5, 0.6) is 0 Å². The highest BCUT2D eigenvalue weighted by Crippen LogP contribution is 2.19. The summed E-state index contributed by atoms with van der Waals surface area (Å²) in [6, 6.07) is 11.0. The molecule has 2 aromatic carbocycles. The maximum atomic E-state index is 12.6. The van der Waals surface area contributed by atoms with Gasteiger partial charge in [0.2, 0.25) is 10.0 Å². The van der Waals surface area contributed by atoms with E-state index in [9.17, 15) is 21.6 Å². The summed E-state index contributed by atoms with van der Waals surface area (Å²) in [6.45, 7) is 6.56. The molecule has 0 saturated carbocycles. The molecule has 0 aliphatic rings. The van der Waals surface area contributed by atoms with Crippen molar-refractivity contribution in [1.29, 1.82) is 0 Å². The molecule has 0 heterocycles. The van der Waals surface area contributed by atoms with Crippen molar-refractivity contribution in [3.8, 4) is 0 Å². The lowest BCUT2D eigenvalue weighted by molar-refractivity contribution is 0.0953. The van der Waals surface area contributed by atoms with Crippen molar-refractivity contribution in [2.45, 2.75) is 32.1 Å². The number of aryl methyl sites for hydroxylation is 2. The van der Waals surface area contributed by atoms with Gasteiger partial charge in [0.25, 0.3) is 15.9 Å². The number of nitrogens with one attached hydrogen (secondary N) is 2. The highest BCUT2D eigenvalue weighted by molar-refractivity contribution is 7.92. The first-order valence-electron chi connectivity index (χ1n) is 9.87. The number of carbonyl (C=O) groups is 1. The normalized spacial score (nSPS) is 12.0. The van der Waals surface area contributed by atoms with Crippen molar-refractivity contribution >= 4 is 31.6 Å². The molecule has 170 valence electrons. The average molecular weight is 468 g/mol. The van der Waals surface area contributed by atoms with Gasteiger partial charge >= 0.3 is 0 Å². The number of carbonyl (C=O) groups excluding carboxylic acids is 1. The van der Waals surface area contributed by atoms with Gasteiger partial charge in [0.15, 0.2) is 0 Å². The molecule has 8 nitrogen and oxygen atoms in total. The van der Waals surface area contributed by atoms with Crippen molar-refractivity contribution in [2.75, 3.05) is 30.6 Å². The van der Waals surface area contributed by atoms with Crippen LogP contribution in [-0.2, 0) is 20.0 Å². The molecular formula is C21H29N3O5S2. The Labute approximate surface area is 184 Å². The quantitative estimate of drug-likeness (QED) is 0.522. The Hall–Kier alpha value is -2.43. The molecule has 0 unspecified atom stereocenters. The molecule has 0 atom stereocenters. The zero-order chi connectivity index (χ0) is 23.2. The van der Waals surface area contributed by atoms with Crippen LogP contribution in [0.4, 0.5) is 5.69 Å². The number of nitrogens with zero attached hydrogens (tertiary/aromatic N) is 1. The van der Waals surface area contributed by atoms with Crippen molar-refractivity contribution in [3.05, 3.63) is 59.2 Å². The number of hydrogen-bond donors (Lipinski definition) is 2. The van der Waals surface area contributed by atoms with Crippen LogP contribution in [0.1, 0.15) is 34.8 Å². The molecule has 2 rings (SSSR count). The maximum Gasteiger partial charge on any atom is 0.261 e. The van der Waals surface area contributed by atoms with Crippen molar-refractivity contribution < 1.29 is 21.6 Å². The Bertz CT molecular complexity index is 1130. The van der Waals surface area contributed by atoms with Crippen LogP contribution in [0.15, 0.2) is 47.4 Å². The summed E-state index contributed by atoms with van der Waals surface area (Å²) >= 11 is 0. The molecule has 0 radical (unpaired) electrons. The summed E-state index contributed by atoms with van der Waals surface area (Å²) in [5, 5.41) is 2.74. The predicted molar refractivity (Wildman–Crippen MR) is 122 cm³/mol. The summed E-state index contributed by atoms with van der Waals surface area (Å²) in [5.41, 5.74) is 2.62. The molecule has 2 N–H and O–H groups in total. The van der Waals surface area contributed by atoms with E-state index >= 15 is 0 Å². The molecule has 2 aromatic rings. The van der Waals surface area contributed by atoms with Crippen molar-refractivity contribution in [1.82, 2.24) is 9.62 Å². The van der Waals surface area contributed by atoms with E-state index in [0.717, 1.165) is 17.4 Å². The summed E-state index contributed by atoms with van der Waals surface area (Å²) in [7, 11) is -6.98. The van der Waals surface area contributed by atoms with Gasteiger partial charge in [-0.3, -0.25) is 9.52 Å². The first-order chi connectivity index (χ1) is 14.4. The van der Waals surface area contributed by atoms with E-state index in [4.69, 9.17) is 0 Å². The first-order valence-corrected chi connectivity index (χ1v) is 13.2. The van der Waals surface area contributed by atoms with Crippen LogP contribution in [0.2, 0.25) is 0 Å². The summed E-state index contributed by atoms with van der Waals surface area (Å²) in [6.07, 6.45) is 1.64. The van der Waals surface area contributed by atoms with E-state index in [-0.39, 0.29) is 10.8 Å². The van der Waals surface area contributed by atoms with Gasteiger partial charge in [-0.25, -0.2) is 21.1 Å². The number of rotatable bonds is 10. The Kier molecular flexibility index (Phi) is 8.21. The minimum atomic E-state index is -3.73. The minimum Gasteiger partial charge on any atom is -0.352 e. The Morgan fingerprint density at radius 2 is 1.61 bits per heavy atom. The third-order valence-corrected chi connectivity index (χ3v) is 7.64. The van der Waals surface area contributed by atoms with Gasteiger partial charge < -0.3 is 5.32 Å². The monoisotopic (exact) mass is 467 g/mol. The molecule has 1 amide bonds. The largest absolute Gasteiger partial charge is 0.352 e. The number of hydrogen-bond acceptors (Lipinski definition) is 5. The van der Waals surface area contributed by atoms with Crippen molar-refractivity contribution in [3.63, 3.8) is 0 Å². The second-order valence-corrected chi connectivity index (χ2v) is 11.0. The molecule has 0 spiro atoms. The average Bonchev–Trinajstić information content (AvgIpc) is 2.69. The smallest absolute Gasteiger partial charge is 0.261 e. The van der Waals surface area contributed by atoms with Gasteiger partial charge in [0.05, 0.1) is 11.2 Å². The highest BCUT2D eigenvalue weighted by Gasteiger charge is 2.16. The number of benzene rings is 2. The Morgan fingerprint density at radius 1 is 0.968 bits per heavy atom. The lowest BCUT2D eigenvalue weighted by Crippen LogP contribution is -2.33. The molecule has 31 heavy (non-hydrogen) atoms. The highest BCUT2D eigenvalue weighted by atomic mass is 32.2. The molecular weight excluding hydrogens is 438 g/mol. The fourth-order valence-corrected chi connectivity index (χ4v) is 4.98. The topological polar surface area (TPSA) is 113 Å². The molecule has 0 saturated heterocycles. The van der Waals surface area contributed by atoms with E-state index < -0.39 is 20.0 Å². The molecule has 0 bridgehead atoms.